The van der Waals surface area contributed by atoms with E-state index in [2.05, 4.69) is 13.8 Å². The highest BCUT2D eigenvalue weighted by Gasteiger charge is 2.30. The zero-order valence-corrected chi connectivity index (χ0v) is 37.6. The van der Waals surface area contributed by atoms with Gasteiger partial charge in [-0.15, -0.1) is 0 Å². The predicted molar refractivity (Wildman–Crippen MR) is 213 cm³/mol. The van der Waals surface area contributed by atoms with Crippen molar-refractivity contribution < 1.29 is 63.4 Å². The Morgan fingerprint density at radius 3 is 0.608 bits per heavy atom. The van der Waals surface area contributed by atoms with Crippen LogP contribution in [0.1, 0.15) is 200 Å². The van der Waals surface area contributed by atoms with E-state index in [0.29, 0.717) is 26.2 Å². The lowest BCUT2D eigenvalue weighted by Gasteiger charge is -2.41. The molecule has 0 unspecified atom stereocenters. The lowest BCUT2D eigenvalue weighted by atomic mass is 10.0. The van der Waals surface area contributed by atoms with Gasteiger partial charge in [-0.1, -0.05) is 168 Å². The van der Waals surface area contributed by atoms with Gasteiger partial charge in [-0.2, -0.15) is 0 Å². The second-order valence-corrected chi connectivity index (χ2v) is 15.9. The predicted octanol–water partition coefficient (Wildman–Crippen LogP) is 3.95. The number of nitrogens with zero attached hydrogens (tertiary/aromatic N) is 2. The Hall–Kier alpha value is 0.720. The number of rotatable bonds is 42. The van der Waals surface area contributed by atoms with Crippen LogP contribution >= 0.6 is 0 Å². The number of unbranched alkanes of at least 4 members (excludes halogenated alkanes) is 26. The minimum absolute atomic E-state index is 0. The Morgan fingerprint density at radius 2 is 0.412 bits per heavy atom. The van der Waals surface area contributed by atoms with E-state index >= 15 is 0 Å². The van der Waals surface area contributed by atoms with Gasteiger partial charge in [0.15, 0.2) is 0 Å². The van der Waals surface area contributed by atoms with Crippen LogP contribution in [0, 0.1) is 0 Å². The summed E-state index contributed by atoms with van der Waals surface area (Å²) in [4.78, 5) is 0. The minimum Gasteiger partial charge on any atom is -1.00 e. The van der Waals surface area contributed by atoms with E-state index in [1.807, 2.05) is 0 Å². The third-order valence-electron chi connectivity index (χ3n) is 11.5. The quantitative estimate of drug-likeness (QED) is 0.0555. The van der Waals surface area contributed by atoms with Gasteiger partial charge in [-0.05, 0) is 25.7 Å². The summed E-state index contributed by atoms with van der Waals surface area (Å²) in [6.07, 6.45) is 38.9. The van der Waals surface area contributed by atoms with Crippen LogP contribution in [-0.4, -0.2) is 108 Å². The summed E-state index contributed by atoms with van der Waals surface area (Å²) in [7, 11) is 0. The molecule has 0 aromatic heterocycles. The Kier molecular flexibility index (Phi) is 47.8. The summed E-state index contributed by atoms with van der Waals surface area (Å²) in [5.41, 5.74) is 0. The molecular formula is C43H92Br2N2O4. The van der Waals surface area contributed by atoms with Gasteiger partial charge >= 0.3 is 0 Å². The van der Waals surface area contributed by atoms with Crippen LogP contribution in [0.4, 0.5) is 0 Å². The van der Waals surface area contributed by atoms with Gasteiger partial charge < -0.3 is 63.4 Å². The van der Waals surface area contributed by atoms with E-state index in [-0.39, 0.29) is 60.4 Å². The van der Waals surface area contributed by atoms with Gasteiger partial charge in [0.25, 0.3) is 0 Å². The van der Waals surface area contributed by atoms with Crippen molar-refractivity contribution in [1.82, 2.24) is 0 Å². The molecule has 0 heterocycles. The van der Waals surface area contributed by atoms with Gasteiger partial charge in [0.1, 0.15) is 26.2 Å². The highest BCUT2D eigenvalue weighted by atomic mass is 79.9. The van der Waals surface area contributed by atoms with Gasteiger partial charge in [-0.3, -0.25) is 0 Å². The average Bonchev–Trinajstić information content (AvgIpc) is 3.09. The van der Waals surface area contributed by atoms with Crippen molar-refractivity contribution in [3.8, 4) is 0 Å². The van der Waals surface area contributed by atoms with Crippen molar-refractivity contribution in [2.24, 2.45) is 0 Å². The van der Waals surface area contributed by atoms with E-state index in [1.54, 1.807) is 0 Å². The lowest BCUT2D eigenvalue weighted by molar-refractivity contribution is -0.946. The summed E-state index contributed by atoms with van der Waals surface area (Å²) >= 11 is 0. The maximum absolute atomic E-state index is 10.00. The van der Waals surface area contributed by atoms with Crippen LogP contribution in [0.5, 0.6) is 0 Å². The second kappa shape index (κ2) is 43.4. The normalized spacial score (nSPS) is 11.9. The highest BCUT2D eigenvalue weighted by molar-refractivity contribution is 4.55. The monoisotopic (exact) mass is 859 g/mol. The number of aliphatic hydroxyl groups is 4. The van der Waals surface area contributed by atoms with Gasteiger partial charge in [0, 0.05) is 6.42 Å². The van der Waals surface area contributed by atoms with E-state index < -0.39 is 0 Å². The molecule has 0 rings (SSSR count). The number of quaternary nitrogens is 2. The molecule has 0 radical (unpaired) electrons. The van der Waals surface area contributed by atoms with E-state index in [0.717, 1.165) is 54.4 Å². The van der Waals surface area contributed by atoms with Gasteiger partial charge in [0.2, 0.25) is 0 Å². The van der Waals surface area contributed by atoms with Crippen molar-refractivity contribution in [3.63, 3.8) is 0 Å². The van der Waals surface area contributed by atoms with Crippen molar-refractivity contribution >= 4 is 0 Å². The molecule has 0 aromatic carbocycles. The second-order valence-electron chi connectivity index (χ2n) is 15.9. The standard InChI is InChI=1S/C43H92N2O4.2BrH/c1-3-5-7-9-11-13-15-17-19-21-23-25-27-29-32-44(36-40-46,37-41-47)34-31-35-45(38-42-48,39-43-49)33-30-28-26-24-22-20-18-16-14-12-10-8-6-4-2;;/h46-49H,3-43H2,1-2H3;2*1H/q+2;;/p-2. The smallest absolute Gasteiger partial charge is 0.102 e. The van der Waals surface area contributed by atoms with Crippen molar-refractivity contribution in [1.29, 1.82) is 0 Å². The minimum atomic E-state index is 0. The van der Waals surface area contributed by atoms with E-state index in [4.69, 9.17) is 0 Å². The van der Waals surface area contributed by atoms with Crippen molar-refractivity contribution in [3.05, 3.63) is 0 Å². The fourth-order valence-electron chi connectivity index (χ4n) is 8.22. The van der Waals surface area contributed by atoms with Crippen LogP contribution in [-0.2, 0) is 0 Å². The summed E-state index contributed by atoms with van der Waals surface area (Å²) in [5, 5.41) is 40.0. The molecule has 0 atom stereocenters. The molecule has 0 bridgehead atoms. The van der Waals surface area contributed by atoms with E-state index in [1.165, 1.54) is 167 Å². The summed E-state index contributed by atoms with van der Waals surface area (Å²) in [6.45, 7) is 12.0. The largest absolute Gasteiger partial charge is 1.00 e. The molecule has 51 heavy (non-hydrogen) atoms. The molecule has 0 amide bonds. The summed E-state index contributed by atoms with van der Waals surface area (Å²) in [6, 6.07) is 0. The van der Waals surface area contributed by atoms with E-state index in [9.17, 15) is 20.4 Å². The summed E-state index contributed by atoms with van der Waals surface area (Å²) in [5.74, 6) is 0. The molecule has 8 heteroatoms. The van der Waals surface area contributed by atoms with Gasteiger partial charge in [-0.25, -0.2) is 0 Å². The molecule has 0 aliphatic rings. The third kappa shape index (κ3) is 34.9. The molecule has 0 aliphatic heterocycles. The number of halogens is 2. The van der Waals surface area contributed by atoms with Crippen LogP contribution in [0.3, 0.4) is 0 Å². The Balaban J connectivity index is -0.0000115. The first-order chi connectivity index (χ1) is 24.1. The molecule has 6 nitrogen and oxygen atoms in total. The maximum Gasteiger partial charge on any atom is 0.102 e. The Bertz CT molecular complexity index is 583. The van der Waals surface area contributed by atoms with Crippen LogP contribution in [0.2, 0.25) is 0 Å². The van der Waals surface area contributed by atoms with Gasteiger partial charge in [0.05, 0.1) is 52.6 Å². The first-order valence-corrected chi connectivity index (χ1v) is 22.2. The van der Waals surface area contributed by atoms with Crippen LogP contribution < -0.4 is 34.0 Å². The molecule has 0 aliphatic carbocycles. The third-order valence-corrected chi connectivity index (χ3v) is 11.5. The Morgan fingerprint density at radius 1 is 0.235 bits per heavy atom. The fourth-order valence-corrected chi connectivity index (χ4v) is 8.22. The number of aliphatic hydroxyl groups excluding tert-OH is 4. The zero-order valence-electron chi connectivity index (χ0n) is 34.4. The highest BCUT2D eigenvalue weighted by Crippen LogP contribution is 2.19. The molecule has 4 N–H and O–H groups in total. The average molecular weight is 861 g/mol. The zero-order chi connectivity index (χ0) is 36.0. The molecule has 0 spiro atoms. The summed E-state index contributed by atoms with van der Waals surface area (Å²) < 4.78 is 1.59. The van der Waals surface area contributed by atoms with Crippen molar-refractivity contribution in [2.75, 3.05) is 78.8 Å². The van der Waals surface area contributed by atoms with Crippen LogP contribution in [0.25, 0.3) is 0 Å². The number of hydrogen-bond donors (Lipinski definition) is 4. The molecule has 312 valence electrons. The maximum atomic E-state index is 10.00. The lowest BCUT2D eigenvalue weighted by Crippen LogP contribution is -3.00. The van der Waals surface area contributed by atoms with Crippen LogP contribution in [0.15, 0.2) is 0 Å². The van der Waals surface area contributed by atoms with Crippen molar-refractivity contribution in [2.45, 2.75) is 200 Å². The first-order valence-electron chi connectivity index (χ1n) is 22.2. The molecule has 0 fully saturated rings. The molecule has 0 saturated heterocycles. The topological polar surface area (TPSA) is 80.9 Å². The first kappa shape index (κ1) is 56.1. The Labute approximate surface area is 340 Å². The molecule has 0 aromatic rings. The molecule has 0 saturated carbocycles. The number of hydrogen-bond acceptors (Lipinski definition) is 4. The SMILES string of the molecule is CCCCCCCCCCCCCCCC[N+](CCO)(CCO)CCC[N+](CCO)(CCO)CCCCCCCCCCCCCCCC.[Br-].[Br-]. The fraction of sp³-hybridized carbons (Fsp3) is 1.00. The molecular weight excluding hydrogens is 768 g/mol.